The minimum atomic E-state index is 0.178. The first-order chi connectivity index (χ1) is 8.80. The van der Waals surface area contributed by atoms with E-state index in [1.54, 1.807) is 7.11 Å². The molecule has 0 aliphatic carbocycles. The van der Waals surface area contributed by atoms with E-state index in [4.69, 9.17) is 10.5 Å². The molecule has 4 nitrogen and oxygen atoms in total. The summed E-state index contributed by atoms with van der Waals surface area (Å²) in [6.07, 6.45) is 1.04. The fraction of sp³-hybridized carbons (Fsp3) is 0.571. The molecule has 3 N–H and O–H groups in total. The van der Waals surface area contributed by atoms with Gasteiger partial charge in [0.05, 0.1) is 13.2 Å². The molecule has 1 aromatic rings. The molecule has 100 valence electrons. The molecule has 2 atom stereocenters. The average Bonchev–Trinajstić information content (AvgIpc) is 2.89. The van der Waals surface area contributed by atoms with Gasteiger partial charge < -0.3 is 15.6 Å². The predicted molar refractivity (Wildman–Crippen MR) is 71.6 cm³/mol. The summed E-state index contributed by atoms with van der Waals surface area (Å²) in [6, 6.07) is 8.20. The molecule has 1 fully saturated rings. The maximum absolute atomic E-state index is 9.23. The molecule has 0 amide bonds. The van der Waals surface area contributed by atoms with Gasteiger partial charge in [0.1, 0.15) is 5.75 Å². The van der Waals surface area contributed by atoms with E-state index in [1.165, 1.54) is 0 Å². The van der Waals surface area contributed by atoms with Crippen LogP contribution in [0.5, 0.6) is 5.75 Å². The van der Waals surface area contributed by atoms with Gasteiger partial charge in [0.25, 0.3) is 0 Å². The molecule has 1 saturated heterocycles. The number of para-hydroxylation sites is 1. The highest BCUT2D eigenvalue weighted by atomic mass is 16.5. The molecule has 0 bridgehead atoms. The van der Waals surface area contributed by atoms with Crippen LogP contribution in [0.25, 0.3) is 0 Å². The van der Waals surface area contributed by atoms with Crippen molar-refractivity contribution in [3.63, 3.8) is 0 Å². The maximum atomic E-state index is 9.23. The summed E-state index contributed by atoms with van der Waals surface area (Å²) in [6.45, 7) is 2.74. The number of rotatable bonds is 5. The second-order valence-corrected chi connectivity index (χ2v) is 4.83. The highest BCUT2D eigenvalue weighted by molar-refractivity contribution is 5.36. The Kier molecular flexibility index (Phi) is 4.58. The van der Waals surface area contributed by atoms with Gasteiger partial charge in [-0.15, -0.1) is 0 Å². The smallest absolute Gasteiger partial charge is 0.123 e. The van der Waals surface area contributed by atoms with Crippen molar-refractivity contribution in [3.05, 3.63) is 29.8 Å². The zero-order valence-electron chi connectivity index (χ0n) is 10.9. The topological polar surface area (TPSA) is 58.7 Å². The largest absolute Gasteiger partial charge is 0.496 e. The van der Waals surface area contributed by atoms with Crippen LogP contribution in [0.3, 0.4) is 0 Å². The van der Waals surface area contributed by atoms with E-state index in [-0.39, 0.29) is 12.6 Å². The van der Waals surface area contributed by atoms with Gasteiger partial charge in [0, 0.05) is 25.3 Å². The summed E-state index contributed by atoms with van der Waals surface area (Å²) < 4.78 is 5.41. The average molecular weight is 250 g/mol. The first-order valence-electron chi connectivity index (χ1n) is 6.48. The summed E-state index contributed by atoms with van der Waals surface area (Å²) in [4.78, 5) is 2.35. The van der Waals surface area contributed by atoms with Crippen molar-refractivity contribution in [3.8, 4) is 5.75 Å². The van der Waals surface area contributed by atoms with Crippen LogP contribution >= 0.6 is 0 Å². The van der Waals surface area contributed by atoms with E-state index < -0.39 is 0 Å². The van der Waals surface area contributed by atoms with Crippen LogP contribution in [-0.2, 0) is 0 Å². The Morgan fingerprint density at radius 1 is 1.50 bits per heavy atom. The van der Waals surface area contributed by atoms with Crippen molar-refractivity contribution < 1.29 is 9.84 Å². The molecule has 0 spiro atoms. The minimum absolute atomic E-state index is 0.178. The summed E-state index contributed by atoms with van der Waals surface area (Å²) in [5.74, 6) is 1.27. The number of nitrogens with zero attached hydrogens (tertiary/aromatic N) is 1. The minimum Gasteiger partial charge on any atom is -0.496 e. The Hall–Kier alpha value is -1.10. The summed E-state index contributed by atoms with van der Waals surface area (Å²) in [5, 5.41) is 9.23. The van der Waals surface area contributed by atoms with Crippen LogP contribution in [-0.4, -0.2) is 43.4 Å². The molecule has 0 radical (unpaired) electrons. The van der Waals surface area contributed by atoms with Crippen LogP contribution < -0.4 is 10.5 Å². The normalized spacial score (nSPS) is 22.1. The predicted octanol–water partition coefficient (Wildman–Crippen LogP) is 1.01. The van der Waals surface area contributed by atoms with E-state index in [0.29, 0.717) is 12.5 Å². The van der Waals surface area contributed by atoms with Crippen molar-refractivity contribution in [1.29, 1.82) is 0 Å². The van der Waals surface area contributed by atoms with Crippen LogP contribution in [0.2, 0.25) is 0 Å². The highest BCUT2D eigenvalue weighted by Gasteiger charge is 2.29. The van der Waals surface area contributed by atoms with Gasteiger partial charge >= 0.3 is 0 Å². The molecular weight excluding hydrogens is 228 g/mol. The Balaban J connectivity index is 2.18. The van der Waals surface area contributed by atoms with Crippen molar-refractivity contribution in [1.82, 2.24) is 4.90 Å². The van der Waals surface area contributed by atoms with Crippen molar-refractivity contribution in [2.45, 2.75) is 12.5 Å². The first-order valence-corrected chi connectivity index (χ1v) is 6.48. The van der Waals surface area contributed by atoms with Gasteiger partial charge in [-0.05, 0) is 24.9 Å². The standard InChI is InChI=1S/C14H22N2O2/c1-18-14-5-3-2-4-12(14)13(8-15)16-7-6-11(9-16)10-17/h2-5,11,13,17H,6-10,15H2,1H3. The molecule has 0 saturated carbocycles. The third-order valence-electron chi connectivity index (χ3n) is 3.74. The number of nitrogens with two attached hydrogens (primary N) is 1. The Morgan fingerprint density at radius 2 is 2.28 bits per heavy atom. The van der Waals surface area contributed by atoms with Crippen LogP contribution in [0.4, 0.5) is 0 Å². The lowest BCUT2D eigenvalue weighted by molar-refractivity contribution is 0.198. The fourth-order valence-electron chi connectivity index (χ4n) is 2.71. The number of hydrogen-bond donors (Lipinski definition) is 2. The zero-order valence-corrected chi connectivity index (χ0v) is 10.9. The molecule has 1 aliphatic heterocycles. The van der Waals surface area contributed by atoms with E-state index in [1.807, 2.05) is 18.2 Å². The van der Waals surface area contributed by atoms with E-state index in [2.05, 4.69) is 11.0 Å². The van der Waals surface area contributed by atoms with Crippen molar-refractivity contribution in [2.24, 2.45) is 11.7 Å². The SMILES string of the molecule is COc1ccccc1C(CN)N1CCC(CO)C1. The fourth-order valence-corrected chi connectivity index (χ4v) is 2.71. The lowest BCUT2D eigenvalue weighted by Gasteiger charge is -2.28. The molecule has 0 aromatic heterocycles. The van der Waals surface area contributed by atoms with Crippen molar-refractivity contribution >= 4 is 0 Å². The van der Waals surface area contributed by atoms with Gasteiger partial charge in [-0.1, -0.05) is 18.2 Å². The second kappa shape index (κ2) is 6.18. The van der Waals surface area contributed by atoms with Crippen LogP contribution in [0.1, 0.15) is 18.0 Å². The zero-order chi connectivity index (χ0) is 13.0. The Morgan fingerprint density at radius 3 is 2.89 bits per heavy atom. The number of aliphatic hydroxyl groups is 1. The Bertz CT molecular complexity index is 384. The molecule has 1 aromatic carbocycles. The third-order valence-corrected chi connectivity index (χ3v) is 3.74. The van der Waals surface area contributed by atoms with Crippen LogP contribution in [0, 0.1) is 5.92 Å². The first kappa shape index (κ1) is 13.3. The number of ether oxygens (including phenoxy) is 1. The number of aliphatic hydroxyl groups excluding tert-OH is 1. The van der Waals surface area contributed by atoms with Gasteiger partial charge in [0.2, 0.25) is 0 Å². The van der Waals surface area contributed by atoms with E-state index in [0.717, 1.165) is 30.8 Å². The molecule has 18 heavy (non-hydrogen) atoms. The quantitative estimate of drug-likeness (QED) is 0.819. The molecule has 2 unspecified atom stereocenters. The molecule has 1 heterocycles. The number of likely N-dealkylation sites (tertiary alicyclic amines) is 1. The second-order valence-electron chi connectivity index (χ2n) is 4.83. The van der Waals surface area contributed by atoms with Crippen LogP contribution in [0.15, 0.2) is 24.3 Å². The van der Waals surface area contributed by atoms with E-state index >= 15 is 0 Å². The third kappa shape index (κ3) is 2.66. The van der Waals surface area contributed by atoms with Gasteiger partial charge in [-0.25, -0.2) is 0 Å². The number of hydrogen-bond acceptors (Lipinski definition) is 4. The van der Waals surface area contributed by atoms with Gasteiger partial charge in [0.15, 0.2) is 0 Å². The molecule has 4 heteroatoms. The molecule has 1 aliphatic rings. The van der Waals surface area contributed by atoms with E-state index in [9.17, 15) is 5.11 Å². The van der Waals surface area contributed by atoms with Crippen molar-refractivity contribution in [2.75, 3.05) is 33.4 Å². The number of benzene rings is 1. The lowest BCUT2D eigenvalue weighted by atomic mass is 10.0. The Labute approximate surface area is 108 Å². The highest BCUT2D eigenvalue weighted by Crippen LogP contribution is 2.32. The number of methoxy groups -OCH3 is 1. The summed E-state index contributed by atoms with van der Waals surface area (Å²) in [5.41, 5.74) is 7.08. The molecule has 2 rings (SSSR count). The molecular formula is C14H22N2O2. The van der Waals surface area contributed by atoms with Gasteiger partial charge in [-0.2, -0.15) is 0 Å². The lowest BCUT2D eigenvalue weighted by Crippen LogP contribution is -2.32. The van der Waals surface area contributed by atoms with Gasteiger partial charge in [-0.3, -0.25) is 4.90 Å². The summed E-state index contributed by atoms with van der Waals surface area (Å²) >= 11 is 0. The maximum Gasteiger partial charge on any atom is 0.123 e. The summed E-state index contributed by atoms with van der Waals surface area (Å²) in [7, 11) is 1.69. The monoisotopic (exact) mass is 250 g/mol.